The molecule has 0 saturated heterocycles. The lowest BCUT2D eigenvalue weighted by atomic mass is 10.1. The maximum atomic E-state index is 12.6. The highest BCUT2D eigenvalue weighted by Crippen LogP contribution is 2.21. The molecule has 3 aromatic rings. The van der Waals surface area contributed by atoms with Gasteiger partial charge >= 0.3 is 0 Å². The third-order valence-corrected chi connectivity index (χ3v) is 3.81. The highest BCUT2D eigenvalue weighted by Gasteiger charge is 2.13. The maximum Gasteiger partial charge on any atom is 0.257 e. The first-order chi connectivity index (χ1) is 12.4. The number of fused-ring (bicyclic) bond motifs is 1. The minimum atomic E-state index is -0.271. The van der Waals surface area contributed by atoms with Gasteiger partial charge in [-0.15, -0.1) is 5.10 Å². The van der Waals surface area contributed by atoms with E-state index in [9.17, 15) is 9.59 Å². The summed E-state index contributed by atoms with van der Waals surface area (Å²) in [5.41, 5.74) is 3.26. The number of aromatic nitrogens is 3. The molecule has 8 nitrogen and oxygen atoms in total. The van der Waals surface area contributed by atoms with E-state index >= 15 is 0 Å². The Morgan fingerprint density at radius 2 is 2.00 bits per heavy atom. The Bertz CT molecular complexity index is 963. The lowest BCUT2D eigenvalue weighted by molar-refractivity contribution is -0.116. The van der Waals surface area contributed by atoms with Crippen molar-refractivity contribution in [1.82, 2.24) is 19.7 Å². The molecule has 2 N–H and O–H groups in total. The van der Waals surface area contributed by atoms with Crippen LogP contribution >= 0.6 is 0 Å². The highest BCUT2D eigenvalue weighted by atomic mass is 16.2. The van der Waals surface area contributed by atoms with Gasteiger partial charge in [-0.3, -0.25) is 9.59 Å². The molecule has 2 aromatic heterocycles. The number of hydrogen-bond acceptors (Lipinski definition) is 5. The average molecular weight is 352 g/mol. The van der Waals surface area contributed by atoms with Crippen LogP contribution < -0.4 is 10.6 Å². The predicted octanol–water partition coefficient (Wildman–Crippen LogP) is 1.79. The van der Waals surface area contributed by atoms with Crippen molar-refractivity contribution in [2.45, 2.75) is 6.92 Å². The van der Waals surface area contributed by atoms with Gasteiger partial charge < -0.3 is 15.5 Å². The van der Waals surface area contributed by atoms with E-state index in [2.05, 4.69) is 20.9 Å². The van der Waals surface area contributed by atoms with Gasteiger partial charge in [-0.1, -0.05) is 11.3 Å². The molecule has 0 aliphatic rings. The second-order valence-electron chi connectivity index (χ2n) is 6.26. The Morgan fingerprint density at radius 1 is 1.19 bits per heavy atom. The van der Waals surface area contributed by atoms with E-state index in [0.717, 1.165) is 5.56 Å². The number of rotatable bonds is 5. The van der Waals surface area contributed by atoms with Crippen LogP contribution in [0.3, 0.4) is 0 Å². The topological polar surface area (TPSA) is 91.6 Å². The van der Waals surface area contributed by atoms with Crippen LogP contribution in [0.15, 0.2) is 42.7 Å². The molecule has 2 heterocycles. The van der Waals surface area contributed by atoms with Crippen LogP contribution in [-0.2, 0) is 4.79 Å². The van der Waals surface area contributed by atoms with E-state index in [1.807, 2.05) is 27.1 Å². The number of benzene rings is 1. The number of pyridine rings is 1. The van der Waals surface area contributed by atoms with Crippen molar-refractivity contribution in [2.24, 2.45) is 0 Å². The summed E-state index contributed by atoms with van der Waals surface area (Å²) in [5.74, 6) is -0.385. The quantitative estimate of drug-likeness (QED) is 0.730. The highest BCUT2D eigenvalue weighted by molar-refractivity contribution is 6.09. The molecule has 0 saturated carbocycles. The number of anilines is 2. The number of carbonyl (C=O) groups is 2. The largest absolute Gasteiger partial charge is 0.325 e. The van der Waals surface area contributed by atoms with E-state index < -0.39 is 0 Å². The van der Waals surface area contributed by atoms with Gasteiger partial charge in [0.2, 0.25) is 5.91 Å². The molecule has 1 aromatic carbocycles. The fourth-order valence-electron chi connectivity index (χ4n) is 2.55. The Labute approximate surface area is 150 Å². The van der Waals surface area contributed by atoms with Gasteiger partial charge in [-0.05, 0) is 50.8 Å². The fourth-order valence-corrected chi connectivity index (χ4v) is 2.55. The van der Waals surface area contributed by atoms with Crippen LogP contribution in [0.2, 0.25) is 0 Å². The summed E-state index contributed by atoms with van der Waals surface area (Å²) in [4.78, 5) is 26.4. The number of amides is 2. The summed E-state index contributed by atoms with van der Waals surface area (Å²) in [6, 6.07) is 8.83. The molecule has 3 rings (SSSR count). The molecule has 26 heavy (non-hydrogen) atoms. The molecule has 0 bridgehead atoms. The van der Waals surface area contributed by atoms with Crippen LogP contribution in [0.25, 0.3) is 5.52 Å². The van der Waals surface area contributed by atoms with Crippen LogP contribution in [0.1, 0.15) is 15.9 Å². The predicted molar refractivity (Wildman–Crippen MR) is 99.3 cm³/mol. The zero-order chi connectivity index (χ0) is 18.7. The molecule has 0 aliphatic carbocycles. The van der Waals surface area contributed by atoms with E-state index in [4.69, 9.17) is 0 Å². The molecule has 0 spiro atoms. The minimum Gasteiger partial charge on any atom is -0.325 e. The van der Waals surface area contributed by atoms with Crippen molar-refractivity contribution in [2.75, 3.05) is 31.3 Å². The number of carbonyl (C=O) groups excluding carboxylic acids is 2. The number of nitrogens with zero attached hydrogens (tertiary/aromatic N) is 4. The van der Waals surface area contributed by atoms with Crippen molar-refractivity contribution < 1.29 is 9.59 Å². The Balaban J connectivity index is 1.79. The molecular formula is C18H20N6O2. The lowest BCUT2D eigenvalue weighted by Crippen LogP contribution is -2.27. The number of aryl methyl sites for hydroxylation is 1. The van der Waals surface area contributed by atoms with Gasteiger partial charge in [-0.2, -0.15) is 0 Å². The van der Waals surface area contributed by atoms with E-state index in [1.54, 1.807) is 35.4 Å². The zero-order valence-electron chi connectivity index (χ0n) is 14.9. The van der Waals surface area contributed by atoms with Crippen molar-refractivity contribution in [3.05, 3.63) is 53.9 Å². The number of nitrogens with one attached hydrogen (secondary N) is 2. The second-order valence-corrected chi connectivity index (χ2v) is 6.26. The first-order valence-corrected chi connectivity index (χ1v) is 8.09. The van der Waals surface area contributed by atoms with Crippen molar-refractivity contribution in [1.29, 1.82) is 0 Å². The summed E-state index contributed by atoms with van der Waals surface area (Å²) < 4.78 is 1.54. The standard InChI is InChI=1S/C18H20N6O2/c1-12-6-7-13(9-15(12)21-17(25)11-23(2)3)20-18(26)14-5-4-8-24-16(14)10-19-22-24/h4-10H,11H2,1-3H3,(H,20,26)(H,21,25). The molecule has 0 fully saturated rings. The van der Waals surface area contributed by atoms with Gasteiger partial charge in [-0.25, -0.2) is 4.52 Å². The summed E-state index contributed by atoms with van der Waals surface area (Å²) in [7, 11) is 3.66. The summed E-state index contributed by atoms with van der Waals surface area (Å²) in [6.07, 6.45) is 3.26. The smallest absolute Gasteiger partial charge is 0.257 e. The Hall–Kier alpha value is -3.26. The fraction of sp³-hybridized carbons (Fsp3) is 0.222. The summed E-state index contributed by atoms with van der Waals surface area (Å²) >= 11 is 0. The van der Waals surface area contributed by atoms with Gasteiger partial charge in [0.05, 0.1) is 23.8 Å². The zero-order valence-corrected chi connectivity index (χ0v) is 14.9. The number of hydrogen-bond donors (Lipinski definition) is 2. The van der Waals surface area contributed by atoms with Crippen molar-refractivity contribution in [3.8, 4) is 0 Å². The van der Waals surface area contributed by atoms with E-state index in [1.165, 1.54) is 10.7 Å². The molecule has 2 amide bonds. The molecule has 0 radical (unpaired) electrons. The summed E-state index contributed by atoms with van der Waals surface area (Å²) in [6.45, 7) is 2.18. The van der Waals surface area contributed by atoms with Crippen LogP contribution in [0, 0.1) is 6.92 Å². The van der Waals surface area contributed by atoms with Crippen LogP contribution in [0.4, 0.5) is 11.4 Å². The molecule has 0 unspecified atom stereocenters. The normalized spacial score (nSPS) is 10.9. The third kappa shape index (κ3) is 3.86. The van der Waals surface area contributed by atoms with Crippen molar-refractivity contribution >= 4 is 28.7 Å². The van der Waals surface area contributed by atoms with Gasteiger partial charge in [0.1, 0.15) is 0 Å². The first-order valence-electron chi connectivity index (χ1n) is 8.09. The summed E-state index contributed by atoms with van der Waals surface area (Å²) in [5, 5.41) is 13.4. The second kappa shape index (κ2) is 7.32. The van der Waals surface area contributed by atoms with Crippen LogP contribution in [0.5, 0.6) is 0 Å². The maximum absolute atomic E-state index is 12.6. The number of likely N-dealkylation sites (N-methyl/N-ethyl adjacent to an activating group) is 1. The van der Waals surface area contributed by atoms with Crippen molar-refractivity contribution in [3.63, 3.8) is 0 Å². The lowest BCUT2D eigenvalue weighted by Gasteiger charge is -2.14. The van der Waals surface area contributed by atoms with Crippen LogP contribution in [-0.4, -0.2) is 52.2 Å². The van der Waals surface area contributed by atoms with E-state index in [-0.39, 0.29) is 18.4 Å². The van der Waals surface area contributed by atoms with E-state index in [0.29, 0.717) is 22.5 Å². The molecular weight excluding hydrogens is 332 g/mol. The SMILES string of the molecule is Cc1ccc(NC(=O)c2cccn3nncc23)cc1NC(=O)CN(C)C. The molecule has 0 atom stereocenters. The van der Waals surface area contributed by atoms with Gasteiger partial charge in [0.25, 0.3) is 5.91 Å². The first kappa shape index (κ1) is 17.6. The minimum absolute atomic E-state index is 0.114. The molecule has 134 valence electrons. The molecule has 0 aliphatic heterocycles. The average Bonchev–Trinajstić information content (AvgIpc) is 3.05. The van der Waals surface area contributed by atoms with Gasteiger partial charge in [0.15, 0.2) is 0 Å². The molecule has 8 heteroatoms. The third-order valence-electron chi connectivity index (χ3n) is 3.81. The Kier molecular flexibility index (Phi) is 4.94. The monoisotopic (exact) mass is 352 g/mol. The van der Waals surface area contributed by atoms with Gasteiger partial charge in [0, 0.05) is 17.6 Å². The Morgan fingerprint density at radius 3 is 2.77 bits per heavy atom.